The minimum Gasteiger partial charge on any atom is -0.481 e. The minimum atomic E-state index is -3.59. The molecule has 3 heterocycles. The van der Waals surface area contributed by atoms with Crippen LogP contribution in [0.2, 0.25) is 0 Å². The fourth-order valence-electron chi connectivity index (χ4n) is 3.54. The van der Waals surface area contributed by atoms with Crippen LogP contribution in [-0.4, -0.2) is 48.6 Å². The van der Waals surface area contributed by atoms with Gasteiger partial charge in [-0.15, -0.1) is 0 Å². The lowest BCUT2D eigenvalue weighted by Gasteiger charge is -2.23. The third-order valence-corrected chi connectivity index (χ3v) is 6.74. The highest BCUT2D eigenvalue weighted by Gasteiger charge is 2.22. The average molecular weight is 449 g/mol. The van der Waals surface area contributed by atoms with E-state index in [0.717, 1.165) is 38.8 Å². The second-order valence-corrected chi connectivity index (χ2v) is 9.28. The van der Waals surface area contributed by atoms with E-state index in [1.54, 1.807) is 24.4 Å². The summed E-state index contributed by atoms with van der Waals surface area (Å²) in [4.78, 5) is 27.6. The molecule has 1 saturated heterocycles. The number of hydrogen-bond acceptors (Lipinski definition) is 5. The van der Waals surface area contributed by atoms with E-state index in [1.807, 2.05) is 6.92 Å². The monoisotopic (exact) mass is 448 g/mol. The van der Waals surface area contributed by atoms with E-state index in [4.69, 9.17) is 5.11 Å². The van der Waals surface area contributed by atoms with Gasteiger partial charge in [0, 0.05) is 34.9 Å². The topological polar surface area (TPSA) is 144 Å². The highest BCUT2D eigenvalue weighted by Crippen LogP contribution is 2.24. The number of H-pyrrole nitrogens is 2. The average Bonchev–Trinajstić information content (AvgIpc) is 3.24. The van der Waals surface area contributed by atoms with Gasteiger partial charge < -0.3 is 20.4 Å². The molecule has 0 radical (unpaired) electrons. The van der Waals surface area contributed by atoms with Gasteiger partial charge in [0.25, 0.3) is 5.56 Å². The van der Waals surface area contributed by atoms with Crippen LogP contribution in [0, 0.1) is 0 Å². The number of carbonyl (C=O) groups is 1. The first-order valence-electron chi connectivity index (χ1n) is 10.4. The molecule has 2 aromatic heterocycles. The smallest absolute Gasteiger partial charge is 0.303 e. The Morgan fingerprint density at radius 2 is 1.94 bits per heavy atom. The second-order valence-electron chi connectivity index (χ2n) is 7.57. The van der Waals surface area contributed by atoms with Gasteiger partial charge in [-0.25, -0.2) is 13.1 Å². The molecule has 0 amide bonds. The molecular formula is C21H28N4O5S. The highest BCUT2D eigenvalue weighted by molar-refractivity contribution is 7.89. The van der Waals surface area contributed by atoms with Crippen molar-refractivity contribution in [3.8, 4) is 0 Å². The van der Waals surface area contributed by atoms with Crippen molar-refractivity contribution in [3.05, 3.63) is 40.8 Å². The molecule has 1 aliphatic rings. The maximum absolute atomic E-state index is 12.7. The molecule has 0 spiro atoms. The van der Waals surface area contributed by atoms with Crippen molar-refractivity contribution in [2.24, 2.45) is 0 Å². The van der Waals surface area contributed by atoms with Crippen molar-refractivity contribution in [2.45, 2.75) is 50.0 Å². The SMILES string of the molecule is CCCCC(=O)O.O=c1[nH]c2ccc(S(=O)(=O)NC3CCNCC3)cc2c2cc[nH]c12. The molecule has 0 aliphatic carbocycles. The molecule has 10 heteroatoms. The molecule has 4 rings (SSSR count). The van der Waals surface area contributed by atoms with Crippen LogP contribution in [0.3, 0.4) is 0 Å². The van der Waals surface area contributed by atoms with Crippen LogP contribution in [-0.2, 0) is 14.8 Å². The van der Waals surface area contributed by atoms with Crippen LogP contribution in [0.5, 0.6) is 0 Å². The Labute approximate surface area is 180 Å². The lowest BCUT2D eigenvalue weighted by atomic mass is 10.1. The van der Waals surface area contributed by atoms with Gasteiger partial charge in [0.05, 0.1) is 4.90 Å². The zero-order chi connectivity index (χ0) is 22.4. The lowest BCUT2D eigenvalue weighted by Crippen LogP contribution is -2.42. The number of aromatic nitrogens is 2. The Balaban J connectivity index is 0.000000339. The van der Waals surface area contributed by atoms with Crippen LogP contribution in [0.15, 0.2) is 40.2 Å². The molecule has 1 aromatic carbocycles. The molecule has 3 aromatic rings. The molecule has 0 bridgehead atoms. The summed E-state index contributed by atoms with van der Waals surface area (Å²) in [7, 11) is -3.59. The van der Waals surface area contributed by atoms with E-state index >= 15 is 0 Å². The number of carboxylic acid groups (broad SMARTS) is 1. The first-order chi connectivity index (χ1) is 14.8. The zero-order valence-electron chi connectivity index (χ0n) is 17.4. The molecule has 0 unspecified atom stereocenters. The number of hydrogen-bond donors (Lipinski definition) is 5. The van der Waals surface area contributed by atoms with Gasteiger partial charge in [-0.2, -0.15) is 0 Å². The summed E-state index contributed by atoms with van der Waals surface area (Å²) in [5.41, 5.74) is 0.849. The predicted octanol–water partition coefficient (Wildman–Crippen LogP) is 2.30. The predicted molar refractivity (Wildman–Crippen MR) is 120 cm³/mol. The summed E-state index contributed by atoms with van der Waals surface area (Å²) in [6.45, 7) is 3.61. The van der Waals surface area contributed by atoms with E-state index < -0.39 is 16.0 Å². The zero-order valence-corrected chi connectivity index (χ0v) is 18.2. The number of benzene rings is 1. The van der Waals surface area contributed by atoms with E-state index in [-0.39, 0.29) is 16.5 Å². The van der Waals surface area contributed by atoms with Gasteiger partial charge >= 0.3 is 5.97 Å². The van der Waals surface area contributed by atoms with Gasteiger partial charge in [-0.05, 0) is 56.6 Å². The van der Waals surface area contributed by atoms with Crippen molar-refractivity contribution < 1.29 is 18.3 Å². The quantitative estimate of drug-likeness (QED) is 0.391. The lowest BCUT2D eigenvalue weighted by molar-refractivity contribution is -0.137. The number of sulfonamides is 1. The molecule has 0 atom stereocenters. The molecule has 0 saturated carbocycles. The Kier molecular flexibility index (Phi) is 7.47. The molecule has 1 fully saturated rings. The number of carboxylic acids is 1. The normalized spacial score (nSPS) is 15.0. The fourth-order valence-corrected chi connectivity index (χ4v) is 4.87. The van der Waals surface area contributed by atoms with Crippen LogP contribution < -0.4 is 15.6 Å². The number of rotatable bonds is 6. The number of nitrogens with one attached hydrogen (secondary N) is 4. The highest BCUT2D eigenvalue weighted by atomic mass is 32.2. The summed E-state index contributed by atoms with van der Waals surface area (Å²) in [6, 6.07) is 6.52. The van der Waals surface area contributed by atoms with E-state index in [1.165, 1.54) is 6.07 Å². The number of aromatic amines is 2. The fraction of sp³-hybridized carbons (Fsp3) is 0.429. The number of pyridine rings is 1. The largest absolute Gasteiger partial charge is 0.481 e. The third kappa shape index (κ3) is 5.72. The van der Waals surface area contributed by atoms with Crippen LogP contribution in [0.1, 0.15) is 39.0 Å². The van der Waals surface area contributed by atoms with E-state index in [9.17, 15) is 18.0 Å². The summed E-state index contributed by atoms with van der Waals surface area (Å²) < 4.78 is 28.1. The van der Waals surface area contributed by atoms with Gasteiger partial charge in [-0.1, -0.05) is 13.3 Å². The van der Waals surface area contributed by atoms with Gasteiger partial charge in [0.2, 0.25) is 10.0 Å². The van der Waals surface area contributed by atoms with E-state index in [2.05, 4.69) is 20.0 Å². The van der Waals surface area contributed by atoms with Gasteiger partial charge in [0.1, 0.15) is 5.52 Å². The summed E-state index contributed by atoms with van der Waals surface area (Å²) in [5, 5.41) is 12.7. The van der Waals surface area contributed by atoms with Crippen molar-refractivity contribution in [2.75, 3.05) is 13.1 Å². The van der Waals surface area contributed by atoms with Crippen LogP contribution in [0.4, 0.5) is 0 Å². The van der Waals surface area contributed by atoms with Gasteiger partial charge in [-0.3, -0.25) is 9.59 Å². The first-order valence-corrected chi connectivity index (χ1v) is 11.9. The molecule has 1 aliphatic heterocycles. The standard InChI is InChI=1S/C16H18N4O3S.C5H10O2/c21-16-15-12(5-8-18-15)13-9-11(1-2-14(13)19-16)24(22,23)20-10-3-6-17-7-4-10;1-2-3-4-5(6)7/h1-2,5,8-10,17-18,20H,3-4,6-7H2,(H,19,21);2-4H2,1H3,(H,6,7). The third-order valence-electron chi connectivity index (χ3n) is 5.22. The Hall–Kier alpha value is -2.69. The molecule has 31 heavy (non-hydrogen) atoms. The number of aliphatic carboxylic acids is 1. The molecule has 168 valence electrons. The van der Waals surface area contributed by atoms with Crippen molar-refractivity contribution in [1.29, 1.82) is 0 Å². The Morgan fingerprint density at radius 3 is 2.58 bits per heavy atom. The summed E-state index contributed by atoms with van der Waals surface area (Å²) in [5.74, 6) is -0.693. The molecule has 5 N–H and O–H groups in total. The van der Waals surface area contributed by atoms with Crippen molar-refractivity contribution in [1.82, 2.24) is 20.0 Å². The number of fused-ring (bicyclic) bond motifs is 3. The number of piperidine rings is 1. The maximum atomic E-state index is 12.7. The van der Waals surface area contributed by atoms with Crippen LogP contribution in [0.25, 0.3) is 21.8 Å². The molecule has 9 nitrogen and oxygen atoms in total. The number of unbranched alkanes of at least 4 members (excludes halogenated alkanes) is 1. The van der Waals surface area contributed by atoms with Crippen molar-refractivity contribution >= 4 is 37.8 Å². The second kappa shape index (κ2) is 10.1. The van der Waals surface area contributed by atoms with Crippen LogP contribution >= 0.6 is 0 Å². The summed E-state index contributed by atoms with van der Waals surface area (Å²) >= 11 is 0. The van der Waals surface area contributed by atoms with E-state index in [0.29, 0.717) is 28.2 Å². The Morgan fingerprint density at radius 1 is 1.19 bits per heavy atom. The minimum absolute atomic E-state index is 0.0465. The molecular weight excluding hydrogens is 420 g/mol. The Bertz CT molecular complexity index is 1210. The summed E-state index contributed by atoms with van der Waals surface area (Å²) in [6.07, 6.45) is 5.32. The maximum Gasteiger partial charge on any atom is 0.303 e. The van der Waals surface area contributed by atoms with Crippen molar-refractivity contribution in [3.63, 3.8) is 0 Å². The van der Waals surface area contributed by atoms with Gasteiger partial charge in [0.15, 0.2) is 0 Å². The first kappa shape index (κ1) is 23.0.